The van der Waals surface area contributed by atoms with Crippen LogP contribution in [0.4, 0.5) is 0 Å². The van der Waals surface area contributed by atoms with Gasteiger partial charge < -0.3 is 5.32 Å². The van der Waals surface area contributed by atoms with Crippen LogP contribution in [0.3, 0.4) is 0 Å². The van der Waals surface area contributed by atoms with E-state index in [1.54, 1.807) is 17.4 Å². The summed E-state index contributed by atoms with van der Waals surface area (Å²) in [7, 11) is 1.38. The number of hydrogen-bond acceptors (Lipinski definition) is 7. The number of thiazole rings is 1. The average molecular weight is 429 g/mol. The topological polar surface area (TPSA) is 86.9 Å². The van der Waals surface area contributed by atoms with E-state index in [9.17, 15) is 10.1 Å². The molecule has 1 aromatic rings. The molecule has 1 N–H and O–H groups in total. The molecule has 8 nitrogen and oxygen atoms in total. The van der Waals surface area contributed by atoms with E-state index in [0.717, 1.165) is 42.6 Å². The molecule has 0 bridgehead atoms. The maximum absolute atomic E-state index is 10.9. The van der Waals surface area contributed by atoms with Gasteiger partial charge in [0, 0.05) is 23.7 Å². The predicted octanol–water partition coefficient (Wildman–Crippen LogP) is 3.17. The number of rotatable bonds is 13. The number of guanidine groups is 1. The molecule has 0 unspecified atom stereocenters. The molecular weight excluding hydrogens is 396 g/mol. The summed E-state index contributed by atoms with van der Waals surface area (Å²) in [6.07, 6.45) is 2.49. The van der Waals surface area contributed by atoms with Crippen LogP contribution in [-0.2, 0) is 12.3 Å². The van der Waals surface area contributed by atoms with Gasteiger partial charge >= 0.3 is 0 Å². The maximum atomic E-state index is 10.9. The highest BCUT2D eigenvalue weighted by Gasteiger charge is 2.15. The van der Waals surface area contributed by atoms with E-state index < -0.39 is 5.03 Å². The van der Waals surface area contributed by atoms with E-state index in [1.807, 2.05) is 11.8 Å². The van der Waals surface area contributed by atoms with Gasteiger partial charge in [-0.25, -0.2) is 20.1 Å². The Morgan fingerprint density at radius 2 is 2.18 bits per heavy atom. The maximum Gasteiger partial charge on any atom is 0.257 e. The summed E-state index contributed by atoms with van der Waals surface area (Å²) in [4.78, 5) is 23.7. The molecule has 0 saturated carbocycles. The molecule has 1 rings (SSSR count). The fourth-order valence-electron chi connectivity index (χ4n) is 2.36. The van der Waals surface area contributed by atoms with Crippen LogP contribution in [-0.4, -0.2) is 64.9 Å². The molecule has 158 valence electrons. The van der Waals surface area contributed by atoms with Crippen molar-refractivity contribution >= 4 is 29.1 Å². The predicted molar refractivity (Wildman–Crippen MR) is 120 cm³/mol. The van der Waals surface area contributed by atoms with Gasteiger partial charge in [-0.1, -0.05) is 24.9 Å². The van der Waals surface area contributed by atoms with E-state index in [2.05, 4.69) is 42.6 Å². The zero-order valence-corrected chi connectivity index (χ0v) is 18.9. The van der Waals surface area contributed by atoms with Crippen LogP contribution in [0, 0.1) is 17.0 Å². The fraction of sp³-hybridized carbons (Fsp3) is 0.667. The van der Waals surface area contributed by atoms with Crippen molar-refractivity contribution in [2.45, 2.75) is 39.5 Å². The summed E-state index contributed by atoms with van der Waals surface area (Å²) in [6.45, 7) is 14.0. The second-order valence-electron chi connectivity index (χ2n) is 6.11. The first kappa shape index (κ1) is 24.4. The minimum atomic E-state index is -0.496. The Kier molecular flexibility index (Phi) is 11.8. The molecule has 0 fully saturated rings. The molecule has 28 heavy (non-hydrogen) atoms. The summed E-state index contributed by atoms with van der Waals surface area (Å²) in [5.41, 5.74) is 1.17. The van der Waals surface area contributed by atoms with Crippen LogP contribution in [0.25, 0.3) is 0 Å². The molecule has 0 aliphatic heterocycles. The normalized spacial score (nSPS) is 11.7. The van der Waals surface area contributed by atoms with Gasteiger partial charge in [0.25, 0.3) is 5.96 Å². The van der Waals surface area contributed by atoms with Crippen LogP contribution in [0.2, 0.25) is 0 Å². The number of hydrogen-bond donors (Lipinski definition) is 1. The van der Waals surface area contributed by atoms with Crippen LogP contribution in [0.15, 0.2) is 17.6 Å². The van der Waals surface area contributed by atoms with Crippen LogP contribution < -0.4 is 5.32 Å². The Labute approximate surface area is 176 Å². The number of thioether (sulfide) groups is 1. The monoisotopic (exact) mass is 428 g/mol. The van der Waals surface area contributed by atoms with Crippen molar-refractivity contribution in [3.05, 3.63) is 38.3 Å². The number of nitrogens with zero attached hydrogens (tertiary/aromatic N) is 5. The molecule has 0 aromatic carbocycles. The van der Waals surface area contributed by atoms with Crippen molar-refractivity contribution in [3.63, 3.8) is 0 Å². The molecular formula is C18H32N6O2S2. The molecule has 0 aliphatic carbocycles. The van der Waals surface area contributed by atoms with Gasteiger partial charge in [0.15, 0.2) is 5.03 Å². The van der Waals surface area contributed by atoms with Gasteiger partial charge in [-0.05, 0) is 32.2 Å². The molecule has 1 heterocycles. The van der Waals surface area contributed by atoms with Crippen molar-refractivity contribution in [2.24, 2.45) is 4.99 Å². The summed E-state index contributed by atoms with van der Waals surface area (Å²) >= 11 is 3.61. The third-order valence-electron chi connectivity index (χ3n) is 4.09. The summed E-state index contributed by atoms with van der Waals surface area (Å²) in [5.74, 6) is 2.08. The van der Waals surface area contributed by atoms with Crippen LogP contribution in [0.5, 0.6) is 0 Å². The molecule has 0 spiro atoms. The first-order chi connectivity index (χ1) is 13.4. The van der Waals surface area contributed by atoms with Crippen molar-refractivity contribution in [2.75, 3.05) is 39.0 Å². The zero-order chi connectivity index (χ0) is 20.9. The highest BCUT2D eigenvalue weighted by molar-refractivity contribution is 7.98. The van der Waals surface area contributed by atoms with Gasteiger partial charge in [0.1, 0.15) is 5.01 Å². The van der Waals surface area contributed by atoms with E-state index in [4.69, 9.17) is 4.98 Å². The molecule has 0 radical (unpaired) electrons. The highest BCUT2D eigenvalue weighted by atomic mass is 32.2. The lowest BCUT2D eigenvalue weighted by Crippen LogP contribution is -2.42. The summed E-state index contributed by atoms with van der Waals surface area (Å²) < 4.78 is 0. The van der Waals surface area contributed by atoms with E-state index in [0.29, 0.717) is 13.1 Å². The molecule has 0 amide bonds. The van der Waals surface area contributed by atoms with Crippen LogP contribution in [0.1, 0.15) is 35.8 Å². The fourth-order valence-corrected chi connectivity index (χ4v) is 4.40. The van der Waals surface area contributed by atoms with Gasteiger partial charge in [-0.3, -0.25) is 4.90 Å². The Bertz CT molecular complexity index is 646. The van der Waals surface area contributed by atoms with E-state index in [-0.39, 0.29) is 5.96 Å². The Balaban J connectivity index is 2.42. The number of nitro groups is 1. The smallest absolute Gasteiger partial charge is 0.257 e. The molecule has 0 atom stereocenters. The Morgan fingerprint density at radius 3 is 2.79 bits per heavy atom. The first-order valence-electron chi connectivity index (χ1n) is 9.45. The lowest BCUT2D eigenvalue weighted by atomic mass is 10.4. The first-order valence-corrected chi connectivity index (χ1v) is 11.4. The van der Waals surface area contributed by atoms with Gasteiger partial charge in [-0.2, -0.15) is 11.8 Å². The van der Waals surface area contributed by atoms with Crippen molar-refractivity contribution in [1.29, 1.82) is 0 Å². The second kappa shape index (κ2) is 13.5. The minimum absolute atomic E-state index is 0.256. The number of aromatic nitrogens is 1. The van der Waals surface area contributed by atoms with Gasteiger partial charge in [0.05, 0.1) is 19.3 Å². The molecule has 1 aromatic heterocycles. The minimum Gasteiger partial charge on any atom is -0.348 e. The van der Waals surface area contributed by atoms with Crippen molar-refractivity contribution < 1.29 is 5.03 Å². The number of nitrogens with one attached hydrogen (secondary N) is 1. The number of aryl methyl sites for hydroxylation is 1. The summed E-state index contributed by atoms with van der Waals surface area (Å²) in [6, 6.07) is 0. The Hall–Kier alpha value is -1.65. The average Bonchev–Trinajstić information content (AvgIpc) is 3.03. The lowest BCUT2D eigenvalue weighted by molar-refractivity contribution is -0.623. The third-order valence-corrected chi connectivity index (χ3v) is 6.15. The van der Waals surface area contributed by atoms with Gasteiger partial charge in [-0.15, -0.1) is 17.9 Å². The SMILES string of the molecule is C=CCNC(=NCCCSCc1nc(CN(CC)CC)sc1C)N(C)[N+](=O)[O-]. The number of aliphatic imine (C=N–C) groups is 1. The molecule has 10 heteroatoms. The van der Waals surface area contributed by atoms with E-state index >= 15 is 0 Å². The lowest BCUT2D eigenvalue weighted by Gasteiger charge is -2.15. The Morgan fingerprint density at radius 1 is 1.46 bits per heavy atom. The molecule has 0 saturated heterocycles. The molecule has 0 aliphatic rings. The van der Waals surface area contributed by atoms with Crippen molar-refractivity contribution in [1.82, 2.24) is 20.2 Å². The largest absolute Gasteiger partial charge is 0.348 e. The third kappa shape index (κ3) is 8.57. The highest BCUT2D eigenvalue weighted by Crippen LogP contribution is 2.23. The van der Waals surface area contributed by atoms with Crippen molar-refractivity contribution in [3.8, 4) is 0 Å². The van der Waals surface area contributed by atoms with Gasteiger partial charge in [0.2, 0.25) is 0 Å². The summed E-state index contributed by atoms with van der Waals surface area (Å²) in [5, 5.41) is 15.4. The number of hydrazine groups is 1. The zero-order valence-electron chi connectivity index (χ0n) is 17.3. The van der Waals surface area contributed by atoms with Crippen LogP contribution >= 0.6 is 23.1 Å². The quantitative estimate of drug-likeness (QED) is 0.129. The van der Waals surface area contributed by atoms with E-state index in [1.165, 1.54) is 22.6 Å². The standard InChI is InChI=1S/C18H32N6O2S2/c1-6-10-19-18(22(5)24(25)26)20-11-9-12-27-14-16-15(4)28-17(21-16)13-23(7-2)8-3/h6H,1,7-14H2,2-5H3,(H,19,20). The second-order valence-corrected chi connectivity index (χ2v) is 8.51.